The van der Waals surface area contributed by atoms with Crippen molar-refractivity contribution >= 4 is 27.5 Å². The molecular formula is C17H22N2O3S. The van der Waals surface area contributed by atoms with Crippen molar-refractivity contribution in [1.29, 1.82) is 0 Å². The number of methoxy groups -OCH3 is 1. The lowest BCUT2D eigenvalue weighted by Crippen LogP contribution is -2.43. The van der Waals surface area contributed by atoms with E-state index < -0.39 is 0 Å². The van der Waals surface area contributed by atoms with E-state index in [1.165, 1.54) is 0 Å². The molecular weight excluding hydrogens is 312 g/mol. The summed E-state index contributed by atoms with van der Waals surface area (Å²) < 4.78 is 12.3. The average Bonchev–Trinajstić information content (AvgIpc) is 2.95. The molecule has 1 saturated heterocycles. The minimum atomic E-state index is 0.0618. The summed E-state index contributed by atoms with van der Waals surface area (Å²) in [4.78, 5) is 18.5. The Morgan fingerprint density at radius 3 is 2.74 bits per heavy atom. The molecule has 2 heterocycles. The molecule has 124 valence electrons. The van der Waals surface area contributed by atoms with Gasteiger partial charge in [-0.3, -0.25) is 4.79 Å². The number of rotatable bonds is 4. The first-order chi connectivity index (χ1) is 11.1. The van der Waals surface area contributed by atoms with Crippen molar-refractivity contribution in [3.05, 3.63) is 18.2 Å². The molecule has 3 rings (SSSR count). The van der Waals surface area contributed by atoms with E-state index in [-0.39, 0.29) is 17.9 Å². The highest BCUT2D eigenvalue weighted by Gasteiger charge is 2.25. The lowest BCUT2D eigenvalue weighted by molar-refractivity contribution is -0.136. The normalized spacial score (nSPS) is 16.1. The molecule has 0 atom stereocenters. The smallest absolute Gasteiger partial charge is 0.274 e. The topological polar surface area (TPSA) is 51.7 Å². The predicted molar refractivity (Wildman–Crippen MR) is 91.2 cm³/mol. The SMILES string of the molecule is COc1ccc2sc(OC3CCN(C(=O)C(C)C)CC3)nc2c1. The van der Waals surface area contributed by atoms with Gasteiger partial charge in [0.2, 0.25) is 5.91 Å². The van der Waals surface area contributed by atoms with Crippen molar-refractivity contribution in [3.63, 3.8) is 0 Å². The Hall–Kier alpha value is -1.82. The highest BCUT2D eigenvalue weighted by atomic mass is 32.1. The minimum Gasteiger partial charge on any atom is -0.497 e. The molecule has 1 aromatic heterocycles. The van der Waals surface area contributed by atoms with Crippen LogP contribution in [0.3, 0.4) is 0 Å². The van der Waals surface area contributed by atoms with E-state index in [1.807, 2.05) is 36.9 Å². The van der Waals surface area contributed by atoms with E-state index in [0.717, 1.165) is 41.9 Å². The number of likely N-dealkylation sites (tertiary alicyclic amines) is 1. The van der Waals surface area contributed by atoms with Crippen LogP contribution < -0.4 is 9.47 Å². The fraction of sp³-hybridized carbons (Fsp3) is 0.529. The molecule has 5 nitrogen and oxygen atoms in total. The number of hydrogen-bond acceptors (Lipinski definition) is 5. The minimum absolute atomic E-state index is 0.0618. The summed E-state index contributed by atoms with van der Waals surface area (Å²) in [5, 5.41) is 0.696. The number of nitrogens with zero attached hydrogens (tertiary/aromatic N) is 2. The van der Waals surface area contributed by atoms with Gasteiger partial charge in [0.15, 0.2) is 0 Å². The van der Waals surface area contributed by atoms with Gasteiger partial charge >= 0.3 is 0 Å². The van der Waals surface area contributed by atoms with E-state index >= 15 is 0 Å². The fourth-order valence-corrected chi connectivity index (χ4v) is 3.63. The third kappa shape index (κ3) is 3.58. The number of carbonyl (C=O) groups excluding carboxylic acids is 1. The summed E-state index contributed by atoms with van der Waals surface area (Å²) in [6.07, 6.45) is 1.85. The Morgan fingerprint density at radius 1 is 1.35 bits per heavy atom. The zero-order chi connectivity index (χ0) is 16.4. The molecule has 0 bridgehead atoms. The van der Waals surface area contributed by atoms with Crippen LogP contribution in [0.1, 0.15) is 26.7 Å². The number of carbonyl (C=O) groups is 1. The van der Waals surface area contributed by atoms with E-state index in [2.05, 4.69) is 4.98 Å². The van der Waals surface area contributed by atoms with Gasteiger partial charge in [-0.2, -0.15) is 0 Å². The fourth-order valence-electron chi connectivity index (χ4n) is 2.77. The lowest BCUT2D eigenvalue weighted by Gasteiger charge is -2.32. The summed E-state index contributed by atoms with van der Waals surface area (Å²) in [7, 11) is 1.65. The highest BCUT2D eigenvalue weighted by molar-refractivity contribution is 7.20. The first-order valence-corrected chi connectivity index (χ1v) is 8.78. The van der Waals surface area contributed by atoms with Crippen molar-refractivity contribution in [2.45, 2.75) is 32.8 Å². The molecule has 1 aliphatic heterocycles. The van der Waals surface area contributed by atoms with Crippen LogP contribution in [0.5, 0.6) is 10.9 Å². The molecule has 0 aliphatic carbocycles. The number of hydrogen-bond donors (Lipinski definition) is 0. The second kappa shape index (κ2) is 6.74. The molecule has 1 amide bonds. The van der Waals surface area contributed by atoms with E-state index in [4.69, 9.17) is 9.47 Å². The molecule has 23 heavy (non-hydrogen) atoms. The summed E-state index contributed by atoms with van der Waals surface area (Å²) in [5.74, 6) is 1.09. The first kappa shape index (κ1) is 16.1. The van der Waals surface area contributed by atoms with Crippen molar-refractivity contribution in [1.82, 2.24) is 9.88 Å². The molecule has 1 aromatic carbocycles. The first-order valence-electron chi connectivity index (χ1n) is 7.97. The lowest BCUT2D eigenvalue weighted by atomic mass is 10.1. The van der Waals surface area contributed by atoms with E-state index in [9.17, 15) is 4.79 Å². The van der Waals surface area contributed by atoms with Gasteiger partial charge in [0, 0.05) is 37.9 Å². The van der Waals surface area contributed by atoms with E-state index in [0.29, 0.717) is 5.19 Å². The molecule has 0 N–H and O–H groups in total. The molecule has 0 radical (unpaired) electrons. The van der Waals surface area contributed by atoms with Crippen LogP contribution in [0.25, 0.3) is 10.2 Å². The zero-order valence-corrected chi connectivity index (χ0v) is 14.6. The number of aromatic nitrogens is 1. The molecule has 0 unspecified atom stereocenters. The van der Waals surface area contributed by atoms with Crippen LogP contribution in [0.15, 0.2) is 18.2 Å². The van der Waals surface area contributed by atoms with Crippen molar-refractivity contribution in [2.24, 2.45) is 5.92 Å². The third-order valence-corrected chi connectivity index (χ3v) is 5.02. The summed E-state index contributed by atoms with van der Waals surface area (Å²) in [5.41, 5.74) is 0.900. The molecule has 1 aliphatic rings. The van der Waals surface area contributed by atoms with Crippen LogP contribution in [0.4, 0.5) is 0 Å². The Balaban J connectivity index is 1.61. The van der Waals surface area contributed by atoms with Gasteiger partial charge in [0.05, 0.1) is 17.3 Å². The largest absolute Gasteiger partial charge is 0.497 e. The molecule has 6 heteroatoms. The van der Waals surface area contributed by atoms with Gasteiger partial charge in [0.1, 0.15) is 11.9 Å². The molecule has 1 fully saturated rings. The summed E-state index contributed by atoms with van der Waals surface area (Å²) >= 11 is 1.55. The Kier molecular flexibility index (Phi) is 4.71. The molecule has 0 saturated carbocycles. The van der Waals surface area contributed by atoms with Crippen molar-refractivity contribution < 1.29 is 14.3 Å². The second-order valence-electron chi connectivity index (χ2n) is 6.11. The van der Waals surface area contributed by atoms with Crippen molar-refractivity contribution in [3.8, 4) is 10.9 Å². The van der Waals surface area contributed by atoms with Crippen LogP contribution in [-0.4, -0.2) is 42.1 Å². The number of fused-ring (bicyclic) bond motifs is 1. The predicted octanol–water partition coefficient (Wildman–Crippen LogP) is 3.33. The van der Waals surface area contributed by atoms with Gasteiger partial charge in [-0.15, -0.1) is 0 Å². The number of ether oxygens (including phenoxy) is 2. The van der Waals surface area contributed by atoms with Crippen LogP contribution in [-0.2, 0) is 4.79 Å². The molecule has 0 spiro atoms. The standard InChI is InChI=1S/C17H22N2O3S/c1-11(2)16(20)19-8-6-12(7-9-19)22-17-18-14-10-13(21-3)4-5-15(14)23-17/h4-5,10-12H,6-9H2,1-3H3. The number of thiazole rings is 1. The van der Waals surface area contributed by atoms with Crippen LogP contribution in [0.2, 0.25) is 0 Å². The maximum absolute atomic E-state index is 12.0. The van der Waals surface area contributed by atoms with Gasteiger partial charge < -0.3 is 14.4 Å². The van der Waals surface area contributed by atoms with Gasteiger partial charge in [-0.1, -0.05) is 25.2 Å². The number of piperidine rings is 1. The Bertz CT molecular complexity index is 690. The number of amides is 1. The van der Waals surface area contributed by atoms with Crippen LogP contribution >= 0.6 is 11.3 Å². The highest BCUT2D eigenvalue weighted by Crippen LogP contribution is 2.32. The quantitative estimate of drug-likeness (QED) is 0.860. The summed E-state index contributed by atoms with van der Waals surface area (Å²) in [6, 6.07) is 5.85. The Labute approximate surface area is 140 Å². The van der Waals surface area contributed by atoms with Gasteiger partial charge in [0.25, 0.3) is 5.19 Å². The number of benzene rings is 1. The summed E-state index contributed by atoms with van der Waals surface area (Å²) in [6.45, 7) is 5.42. The zero-order valence-electron chi connectivity index (χ0n) is 13.7. The maximum atomic E-state index is 12.0. The average molecular weight is 334 g/mol. The van der Waals surface area contributed by atoms with Gasteiger partial charge in [-0.25, -0.2) is 4.98 Å². The Morgan fingerprint density at radius 2 is 2.09 bits per heavy atom. The monoisotopic (exact) mass is 334 g/mol. The van der Waals surface area contributed by atoms with Gasteiger partial charge in [-0.05, 0) is 12.1 Å². The third-order valence-electron chi connectivity index (χ3n) is 4.09. The molecule has 2 aromatic rings. The van der Waals surface area contributed by atoms with E-state index in [1.54, 1.807) is 18.4 Å². The second-order valence-corrected chi connectivity index (χ2v) is 7.10. The maximum Gasteiger partial charge on any atom is 0.274 e. The van der Waals surface area contributed by atoms with Crippen LogP contribution in [0, 0.1) is 5.92 Å². The van der Waals surface area contributed by atoms with Crippen molar-refractivity contribution in [2.75, 3.05) is 20.2 Å².